The molecular weight excluding hydrogens is 422 g/mol. The molecule has 3 amide bonds. The lowest BCUT2D eigenvalue weighted by Gasteiger charge is -2.33. The lowest BCUT2D eigenvalue weighted by molar-refractivity contribution is -0.139. The molecule has 1 heterocycles. The van der Waals surface area contributed by atoms with Crippen LogP contribution in [0.5, 0.6) is 0 Å². The normalized spacial score (nSPS) is 16.6. The molecule has 1 aliphatic heterocycles. The third kappa shape index (κ3) is 7.73. The van der Waals surface area contributed by atoms with Gasteiger partial charge in [0, 0.05) is 31.3 Å². The molecule has 1 aliphatic rings. The van der Waals surface area contributed by atoms with Gasteiger partial charge < -0.3 is 32.4 Å². The number of dihydropyridines is 1. The fourth-order valence-electron chi connectivity index (χ4n) is 3.70. The molecule has 0 saturated heterocycles. The smallest absolute Gasteiger partial charge is 0.261 e. The summed E-state index contributed by atoms with van der Waals surface area (Å²) in [5.74, 6) is -3.49. The van der Waals surface area contributed by atoms with Gasteiger partial charge in [-0.05, 0) is 35.8 Å². The zero-order valence-corrected chi connectivity index (χ0v) is 19.4. The van der Waals surface area contributed by atoms with Crippen LogP contribution in [0.25, 0.3) is 0 Å². The summed E-state index contributed by atoms with van der Waals surface area (Å²) >= 11 is 0. The van der Waals surface area contributed by atoms with E-state index >= 15 is 0 Å². The van der Waals surface area contributed by atoms with Crippen LogP contribution in [-0.2, 0) is 20.8 Å². The van der Waals surface area contributed by atoms with Gasteiger partial charge in [-0.2, -0.15) is 0 Å². The first-order valence-electron chi connectivity index (χ1n) is 11.1. The Morgan fingerprint density at radius 3 is 2.42 bits per heavy atom. The first-order chi connectivity index (χ1) is 15.7. The number of benzene rings is 1. The van der Waals surface area contributed by atoms with Crippen molar-refractivity contribution in [3.8, 4) is 0 Å². The van der Waals surface area contributed by atoms with Gasteiger partial charge in [0.25, 0.3) is 5.91 Å². The summed E-state index contributed by atoms with van der Waals surface area (Å²) in [7, 11) is 0. The molecule has 0 saturated carbocycles. The van der Waals surface area contributed by atoms with Crippen LogP contribution in [0.4, 0.5) is 0 Å². The number of hydroxylamine groups is 1. The zero-order chi connectivity index (χ0) is 24.4. The van der Waals surface area contributed by atoms with Gasteiger partial charge in [-0.1, -0.05) is 57.2 Å². The molecule has 9 heteroatoms. The standard InChI is InChI=1S/C24H34N5O4/c1-16(2)13-20(17(3)21(30)29-33)22(31)28-24(25,14-18-7-5-4-6-8-18)23(32)27-15-19-9-11-26-12-10-19/h4-11,16-17,20,26H,12-15,25H2,1-3H3,(H3-,27,28,29,30,31,32,33)/q-1/t17?,20-,24+/m1/s1. The molecule has 6 N–H and O–H groups in total. The molecule has 0 spiro atoms. The number of rotatable bonds is 11. The van der Waals surface area contributed by atoms with Crippen molar-refractivity contribution in [1.82, 2.24) is 21.4 Å². The van der Waals surface area contributed by atoms with E-state index in [9.17, 15) is 19.6 Å². The summed E-state index contributed by atoms with van der Waals surface area (Å²) in [6.07, 6.45) is 5.99. The molecule has 1 unspecified atom stereocenters. The Kier molecular flexibility index (Phi) is 9.62. The van der Waals surface area contributed by atoms with Crippen LogP contribution in [0.15, 0.2) is 54.3 Å². The quantitative estimate of drug-likeness (QED) is 0.248. The molecule has 9 nitrogen and oxygen atoms in total. The zero-order valence-electron chi connectivity index (χ0n) is 19.4. The van der Waals surface area contributed by atoms with E-state index in [0.29, 0.717) is 13.0 Å². The van der Waals surface area contributed by atoms with Crippen LogP contribution < -0.4 is 27.2 Å². The van der Waals surface area contributed by atoms with Gasteiger partial charge in [0.15, 0.2) is 5.66 Å². The Morgan fingerprint density at radius 2 is 1.85 bits per heavy atom. The summed E-state index contributed by atoms with van der Waals surface area (Å²) < 4.78 is 0. The van der Waals surface area contributed by atoms with E-state index < -0.39 is 35.2 Å². The highest BCUT2D eigenvalue weighted by Crippen LogP contribution is 2.23. The summed E-state index contributed by atoms with van der Waals surface area (Å²) in [5, 5.41) is 19.5. The van der Waals surface area contributed by atoms with E-state index in [0.717, 1.165) is 11.1 Å². The molecule has 33 heavy (non-hydrogen) atoms. The summed E-state index contributed by atoms with van der Waals surface area (Å²) in [6.45, 7) is 6.26. The van der Waals surface area contributed by atoms with Gasteiger partial charge >= 0.3 is 0 Å². The molecule has 180 valence electrons. The largest absolute Gasteiger partial charge is 0.759 e. The molecule has 1 aromatic carbocycles. The second-order valence-corrected chi connectivity index (χ2v) is 8.82. The van der Waals surface area contributed by atoms with Crippen LogP contribution in [0.2, 0.25) is 0 Å². The molecule has 0 bridgehead atoms. The number of hydrogen-bond acceptors (Lipinski definition) is 6. The topological polar surface area (TPSA) is 148 Å². The maximum absolute atomic E-state index is 13.3. The van der Waals surface area contributed by atoms with E-state index in [2.05, 4.69) is 16.0 Å². The molecule has 0 fully saturated rings. The highest BCUT2D eigenvalue weighted by atomic mass is 16.5. The Hall–Kier alpha value is -3.17. The maximum atomic E-state index is 13.3. The lowest BCUT2D eigenvalue weighted by atomic mass is 9.84. The minimum atomic E-state index is -1.75. The number of carbonyl (C=O) groups is 3. The average molecular weight is 457 g/mol. The predicted octanol–water partition coefficient (Wildman–Crippen LogP) is 1.07. The predicted molar refractivity (Wildman–Crippen MR) is 127 cm³/mol. The fourth-order valence-corrected chi connectivity index (χ4v) is 3.70. The van der Waals surface area contributed by atoms with E-state index in [-0.39, 0.29) is 18.9 Å². The third-order valence-corrected chi connectivity index (χ3v) is 5.61. The summed E-state index contributed by atoms with van der Waals surface area (Å²) in [5.41, 5.74) is 7.80. The highest BCUT2D eigenvalue weighted by Gasteiger charge is 2.39. The number of hydrogen-bond donors (Lipinski definition) is 5. The Morgan fingerprint density at radius 1 is 1.15 bits per heavy atom. The fraction of sp³-hybridized carbons (Fsp3) is 0.458. The minimum absolute atomic E-state index is 0.0540. The van der Waals surface area contributed by atoms with Gasteiger partial charge in [0.1, 0.15) is 0 Å². The molecule has 0 aliphatic carbocycles. The van der Waals surface area contributed by atoms with E-state index in [1.807, 2.05) is 56.3 Å². The van der Waals surface area contributed by atoms with E-state index in [4.69, 9.17) is 5.73 Å². The van der Waals surface area contributed by atoms with Crippen molar-refractivity contribution in [2.75, 3.05) is 13.1 Å². The van der Waals surface area contributed by atoms with Crippen molar-refractivity contribution < 1.29 is 14.4 Å². The Labute approximate surface area is 194 Å². The number of nitrogens with one attached hydrogen (secondary N) is 4. The van der Waals surface area contributed by atoms with Crippen molar-refractivity contribution in [3.05, 3.63) is 65.0 Å². The second kappa shape index (κ2) is 12.2. The van der Waals surface area contributed by atoms with Crippen molar-refractivity contribution in [2.45, 2.75) is 39.3 Å². The Bertz CT molecular complexity index is 884. The first kappa shape index (κ1) is 26.1. The van der Waals surface area contributed by atoms with E-state index in [1.165, 1.54) is 12.4 Å². The van der Waals surface area contributed by atoms with Crippen molar-refractivity contribution in [2.24, 2.45) is 23.5 Å². The Balaban J connectivity index is 2.25. The maximum Gasteiger partial charge on any atom is 0.261 e. The van der Waals surface area contributed by atoms with Gasteiger partial charge in [-0.25, -0.2) is 0 Å². The van der Waals surface area contributed by atoms with Crippen molar-refractivity contribution >= 4 is 17.7 Å². The SMILES string of the molecule is CC(C)C[C@@H](C(=O)N[C@@](N)(Cc1ccccc1)C(=O)NCC1=CCNC=C1)C(C)C(=O)N[O-]. The average Bonchev–Trinajstić information content (AvgIpc) is 2.81. The van der Waals surface area contributed by atoms with Crippen LogP contribution in [-0.4, -0.2) is 36.5 Å². The molecular formula is C24H34N5O4-. The number of carbonyl (C=O) groups excluding carboxylic acids is 3. The van der Waals surface area contributed by atoms with Gasteiger partial charge in [-0.3, -0.25) is 14.4 Å². The molecule has 2 rings (SSSR count). The van der Waals surface area contributed by atoms with Crippen molar-refractivity contribution in [1.29, 1.82) is 0 Å². The van der Waals surface area contributed by atoms with Crippen LogP contribution in [0.1, 0.15) is 32.8 Å². The summed E-state index contributed by atoms with van der Waals surface area (Å²) in [6, 6.07) is 9.12. The lowest BCUT2D eigenvalue weighted by Crippen LogP contribution is -2.67. The summed E-state index contributed by atoms with van der Waals surface area (Å²) in [4.78, 5) is 38.5. The van der Waals surface area contributed by atoms with Crippen LogP contribution in [0, 0.1) is 23.0 Å². The van der Waals surface area contributed by atoms with Crippen molar-refractivity contribution in [3.63, 3.8) is 0 Å². The van der Waals surface area contributed by atoms with E-state index in [1.54, 1.807) is 6.20 Å². The van der Waals surface area contributed by atoms with Gasteiger partial charge in [0.05, 0.1) is 0 Å². The van der Waals surface area contributed by atoms with Crippen LogP contribution >= 0.6 is 0 Å². The molecule has 3 atom stereocenters. The monoisotopic (exact) mass is 456 g/mol. The number of amides is 3. The molecule has 1 aromatic rings. The second-order valence-electron chi connectivity index (χ2n) is 8.82. The first-order valence-corrected chi connectivity index (χ1v) is 11.1. The number of nitrogens with two attached hydrogens (primary N) is 1. The van der Waals surface area contributed by atoms with Gasteiger partial charge in [-0.15, -0.1) is 0 Å². The highest BCUT2D eigenvalue weighted by molar-refractivity contribution is 5.94. The molecule has 0 aromatic heterocycles. The third-order valence-electron chi connectivity index (χ3n) is 5.61. The molecule has 0 radical (unpaired) electrons. The van der Waals surface area contributed by atoms with Crippen LogP contribution in [0.3, 0.4) is 0 Å². The van der Waals surface area contributed by atoms with Gasteiger partial charge in [0.2, 0.25) is 11.8 Å². The minimum Gasteiger partial charge on any atom is -0.759 e.